The maximum Gasteiger partial charge on any atom is 0.320 e. The highest BCUT2D eigenvalue weighted by atomic mass is 35.5. The minimum atomic E-state index is -1.00. The van der Waals surface area contributed by atoms with E-state index >= 15 is 0 Å². The van der Waals surface area contributed by atoms with Gasteiger partial charge in [-0.2, -0.15) is 0 Å². The number of primary amides is 1. The quantitative estimate of drug-likeness (QED) is 0.657. The van der Waals surface area contributed by atoms with Crippen LogP contribution in [0.3, 0.4) is 0 Å². The maximum absolute atomic E-state index is 13.5. The number of halogens is 2. The highest BCUT2D eigenvalue weighted by Crippen LogP contribution is 2.32. The third kappa shape index (κ3) is 5.70. The van der Waals surface area contributed by atoms with Crippen LogP contribution in [0.5, 0.6) is 0 Å². The number of carbonyl (C=O) groups excluding carboxylic acids is 2. The average Bonchev–Trinajstić information content (AvgIpc) is 2.73. The van der Waals surface area contributed by atoms with Crippen LogP contribution in [0.25, 0.3) is 0 Å². The van der Waals surface area contributed by atoms with Gasteiger partial charge in [-0.1, -0.05) is 41.4 Å². The molecule has 6 nitrogen and oxygen atoms in total. The number of hydrogen-bond donors (Lipinski definition) is 2. The van der Waals surface area contributed by atoms with Crippen LogP contribution in [-0.2, 0) is 4.79 Å². The molecule has 1 saturated heterocycles. The molecule has 1 fully saturated rings. The lowest BCUT2D eigenvalue weighted by atomic mass is 10.00. The average molecular weight is 463 g/mol. The number of piperidine rings is 1. The minimum absolute atomic E-state index is 0.0208. The Morgan fingerprint density at radius 1 is 1.06 bits per heavy atom. The fourth-order valence-electron chi connectivity index (χ4n) is 3.94. The van der Waals surface area contributed by atoms with E-state index in [2.05, 4.69) is 24.1 Å². The van der Waals surface area contributed by atoms with Crippen LogP contribution in [0.1, 0.15) is 38.3 Å². The Morgan fingerprint density at radius 2 is 1.68 bits per heavy atom. The molecule has 3 N–H and O–H groups in total. The molecular weight excluding hydrogens is 435 g/mol. The number of urea groups is 1. The van der Waals surface area contributed by atoms with E-state index < -0.39 is 12.1 Å². The van der Waals surface area contributed by atoms with Crippen LogP contribution in [0.2, 0.25) is 10.0 Å². The zero-order valence-corrected chi connectivity index (χ0v) is 19.2. The Labute approximate surface area is 193 Å². The van der Waals surface area contributed by atoms with Crippen LogP contribution < -0.4 is 16.0 Å². The molecule has 1 aliphatic heterocycles. The molecule has 0 saturated carbocycles. The van der Waals surface area contributed by atoms with Gasteiger partial charge in [0.2, 0.25) is 5.91 Å². The predicted octanol–water partition coefficient (Wildman–Crippen LogP) is 4.61. The number of carbonyl (C=O) groups is 2. The zero-order valence-electron chi connectivity index (χ0n) is 17.7. The number of likely N-dealkylation sites (tertiary alicyclic amines) is 1. The van der Waals surface area contributed by atoms with Crippen molar-refractivity contribution in [2.45, 2.75) is 44.8 Å². The number of rotatable bonds is 6. The number of nitrogens with one attached hydrogen (secondary N) is 1. The second-order valence-electron chi connectivity index (χ2n) is 8.02. The van der Waals surface area contributed by atoms with Crippen molar-refractivity contribution >= 4 is 40.8 Å². The molecule has 2 aromatic rings. The maximum atomic E-state index is 13.5. The van der Waals surface area contributed by atoms with Crippen LogP contribution in [-0.4, -0.2) is 42.0 Å². The fraction of sp³-hybridized carbons (Fsp3) is 0.391. The molecule has 8 heteroatoms. The summed E-state index contributed by atoms with van der Waals surface area (Å²) >= 11 is 12.4. The molecule has 1 atom stereocenters. The number of benzene rings is 2. The molecule has 0 radical (unpaired) electrons. The molecule has 3 amide bonds. The number of nitrogens with zero attached hydrogens (tertiary/aromatic N) is 2. The molecule has 0 aliphatic carbocycles. The van der Waals surface area contributed by atoms with Gasteiger partial charge in [0.1, 0.15) is 6.04 Å². The fourth-order valence-corrected chi connectivity index (χ4v) is 4.31. The first-order valence-corrected chi connectivity index (χ1v) is 11.2. The first kappa shape index (κ1) is 23.4. The molecule has 2 aromatic carbocycles. The second kappa shape index (κ2) is 10.4. The Hall–Kier alpha value is -2.28. The van der Waals surface area contributed by atoms with Gasteiger partial charge in [-0.3, -0.25) is 9.69 Å². The van der Waals surface area contributed by atoms with E-state index in [0.29, 0.717) is 27.3 Å². The van der Waals surface area contributed by atoms with Gasteiger partial charge in [-0.25, -0.2) is 4.79 Å². The van der Waals surface area contributed by atoms with Gasteiger partial charge in [0.15, 0.2) is 0 Å². The summed E-state index contributed by atoms with van der Waals surface area (Å²) in [4.78, 5) is 29.7. The monoisotopic (exact) mass is 462 g/mol. The Balaban J connectivity index is 1.91. The van der Waals surface area contributed by atoms with Gasteiger partial charge in [0.05, 0.1) is 0 Å². The lowest BCUT2D eigenvalue weighted by Gasteiger charge is -2.36. The summed E-state index contributed by atoms with van der Waals surface area (Å²) in [7, 11) is 0. The number of anilines is 1. The van der Waals surface area contributed by atoms with Gasteiger partial charge < -0.3 is 16.0 Å². The van der Waals surface area contributed by atoms with Crippen molar-refractivity contribution < 1.29 is 9.59 Å². The molecule has 31 heavy (non-hydrogen) atoms. The minimum Gasteiger partial charge on any atom is -0.351 e. The van der Waals surface area contributed by atoms with Gasteiger partial charge in [-0.05, 0) is 57.0 Å². The third-order valence-electron chi connectivity index (χ3n) is 5.65. The van der Waals surface area contributed by atoms with Crippen molar-refractivity contribution in [2.75, 3.05) is 18.0 Å². The molecular formula is C23H28Cl2N4O2. The molecule has 3 rings (SSSR count). The summed E-state index contributed by atoms with van der Waals surface area (Å²) in [5.41, 5.74) is 6.72. The highest BCUT2D eigenvalue weighted by molar-refractivity contribution is 6.32. The molecule has 1 unspecified atom stereocenters. The molecule has 0 bridgehead atoms. The van der Waals surface area contributed by atoms with Crippen LogP contribution in [0.15, 0.2) is 48.5 Å². The summed E-state index contributed by atoms with van der Waals surface area (Å²) in [5.74, 6) is -0.315. The predicted molar refractivity (Wildman–Crippen MR) is 126 cm³/mol. The van der Waals surface area contributed by atoms with E-state index in [-0.39, 0.29) is 11.9 Å². The molecule has 0 spiro atoms. The largest absolute Gasteiger partial charge is 0.351 e. The summed E-state index contributed by atoms with van der Waals surface area (Å²) in [6.07, 6.45) is 1.69. The molecule has 166 valence electrons. The summed E-state index contributed by atoms with van der Waals surface area (Å²) in [6.45, 7) is 6.17. The van der Waals surface area contributed by atoms with Crippen molar-refractivity contribution in [1.82, 2.24) is 10.2 Å². The standard InChI is InChI=1S/C23H28Cl2N4O2/c1-15(2)28-13-11-17(12-14-28)27-22(30)21(19-5-3-4-6-20(19)25)29(23(26)31)18-9-7-16(24)8-10-18/h3-10,15,17,21H,11-14H2,1-2H3,(H2,26,31)(H,27,30). The number of nitrogens with two attached hydrogens (primary N) is 1. The first-order valence-electron chi connectivity index (χ1n) is 10.4. The Morgan fingerprint density at radius 3 is 2.23 bits per heavy atom. The van der Waals surface area contributed by atoms with Crippen molar-refractivity contribution in [3.05, 3.63) is 64.1 Å². The lowest BCUT2D eigenvalue weighted by molar-refractivity contribution is -0.123. The van der Waals surface area contributed by atoms with Crippen molar-refractivity contribution in [3.63, 3.8) is 0 Å². The zero-order chi connectivity index (χ0) is 22.5. The van der Waals surface area contributed by atoms with Gasteiger partial charge in [0, 0.05) is 46.5 Å². The van der Waals surface area contributed by atoms with Crippen molar-refractivity contribution in [3.8, 4) is 0 Å². The van der Waals surface area contributed by atoms with Crippen LogP contribution in [0.4, 0.5) is 10.5 Å². The Kier molecular flexibility index (Phi) is 7.81. The number of amides is 3. The van der Waals surface area contributed by atoms with Crippen LogP contribution >= 0.6 is 23.2 Å². The van der Waals surface area contributed by atoms with E-state index in [1.165, 1.54) is 4.90 Å². The second-order valence-corrected chi connectivity index (χ2v) is 8.86. The molecule has 1 aliphatic rings. The van der Waals surface area contributed by atoms with E-state index in [1.807, 2.05) is 0 Å². The van der Waals surface area contributed by atoms with Crippen molar-refractivity contribution in [2.24, 2.45) is 5.73 Å². The van der Waals surface area contributed by atoms with Gasteiger partial charge in [-0.15, -0.1) is 0 Å². The Bertz CT molecular complexity index is 912. The van der Waals surface area contributed by atoms with E-state index in [0.717, 1.165) is 25.9 Å². The van der Waals surface area contributed by atoms with E-state index in [9.17, 15) is 9.59 Å². The first-order chi connectivity index (χ1) is 14.8. The molecule has 1 heterocycles. The van der Waals surface area contributed by atoms with Crippen LogP contribution in [0, 0.1) is 0 Å². The highest BCUT2D eigenvalue weighted by Gasteiger charge is 2.34. The van der Waals surface area contributed by atoms with E-state index in [4.69, 9.17) is 28.9 Å². The lowest BCUT2D eigenvalue weighted by Crippen LogP contribution is -2.51. The summed E-state index contributed by atoms with van der Waals surface area (Å²) < 4.78 is 0. The third-order valence-corrected chi connectivity index (χ3v) is 6.25. The normalized spacial score (nSPS) is 16.2. The van der Waals surface area contributed by atoms with Gasteiger partial charge >= 0.3 is 6.03 Å². The molecule has 0 aromatic heterocycles. The topological polar surface area (TPSA) is 78.7 Å². The smallest absolute Gasteiger partial charge is 0.320 e. The number of hydrogen-bond acceptors (Lipinski definition) is 3. The van der Waals surface area contributed by atoms with Crippen molar-refractivity contribution in [1.29, 1.82) is 0 Å². The summed E-state index contributed by atoms with van der Waals surface area (Å²) in [5, 5.41) is 4.02. The SMILES string of the molecule is CC(C)N1CCC(NC(=O)C(c2ccccc2Cl)N(C(N)=O)c2ccc(Cl)cc2)CC1. The summed E-state index contributed by atoms with van der Waals surface area (Å²) in [6, 6.07) is 12.3. The van der Waals surface area contributed by atoms with Gasteiger partial charge in [0.25, 0.3) is 0 Å². The van der Waals surface area contributed by atoms with E-state index in [1.54, 1.807) is 48.5 Å².